The van der Waals surface area contributed by atoms with Gasteiger partial charge in [-0.25, -0.2) is 9.67 Å². The molecule has 28 heavy (non-hydrogen) atoms. The lowest BCUT2D eigenvalue weighted by Gasteiger charge is -2.26. The molecule has 146 valence electrons. The molecule has 0 saturated carbocycles. The molecular formula is C20H24N6O2. The Kier molecular flexibility index (Phi) is 5.18. The summed E-state index contributed by atoms with van der Waals surface area (Å²) in [6.07, 6.45) is 8.40. The Morgan fingerprint density at radius 1 is 1.18 bits per heavy atom. The maximum atomic E-state index is 12.8. The minimum atomic E-state index is 0.0504. The lowest BCUT2D eigenvalue weighted by Crippen LogP contribution is -2.35. The Labute approximate surface area is 163 Å². The molecule has 0 unspecified atom stereocenters. The molecule has 1 aliphatic rings. The highest BCUT2D eigenvalue weighted by atomic mass is 16.5. The summed E-state index contributed by atoms with van der Waals surface area (Å²) in [7, 11) is 0. The van der Waals surface area contributed by atoms with Gasteiger partial charge in [0.1, 0.15) is 0 Å². The Morgan fingerprint density at radius 3 is 2.71 bits per heavy atom. The summed E-state index contributed by atoms with van der Waals surface area (Å²) >= 11 is 0. The van der Waals surface area contributed by atoms with Crippen LogP contribution in [0.4, 0.5) is 0 Å². The predicted octanol–water partition coefficient (Wildman–Crippen LogP) is 3.20. The Bertz CT molecular complexity index is 953. The Hall–Kier alpha value is -3.03. The third-order valence-electron chi connectivity index (χ3n) is 5.04. The summed E-state index contributed by atoms with van der Waals surface area (Å²) in [5, 5.41) is 8.36. The van der Waals surface area contributed by atoms with Crippen LogP contribution in [0.15, 0.2) is 29.0 Å². The third kappa shape index (κ3) is 3.54. The minimum Gasteiger partial charge on any atom is -0.339 e. The van der Waals surface area contributed by atoms with Crippen molar-refractivity contribution < 1.29 is 9.32 Å². The van der Waals surface area contributed by atoms with E-state index in [0.717, 1.165) is 50.0 Å². The molecule has 4 heterocycles. The molecule has 0 N–H and O–H groups in total. The lowest BCUT2D eigenvalue weighted by atomic mass is 10.1. The molecule has 1 saturated heterocycles. The SMILES string of the molecule is CCCc1noc(-c2ccc(-n3ncc(C(=O)N4CCCCC4)c3C)nc2)n1. The maximum Gasteiger partial charge on any atom is 0.259 e. The van der Waals surface area contributed by atoms with Crippen LogP contribution in [-0.2, 0) is 6.42 Å². The molecule has 3 aromatic heterocycles. The predicted molar refractivity (Wildman–Crippen MR) is 103 cm³/mol. The van der Waals surface area contributed by atoms with Crippen LogP contribution in [0.5, 0.6) is 0 Å². The average molecular weight is 380 g/mol. The normalized spacial score (nSPS) is 14.4. The molecule has 8 nitrogen and oxygen atoms in total. The second kappa shape index (κ2) is 7.92. The van der Waals surface area contributed by atoms with Crippen LogP contribution in [0, 0.1) is 6.92 Å². The topological polar surface area (TPSA) is 89.9 Å². The smallest absolute Gasteiger partial charge is 0.259 e. The van der Waals surface area contributed by atoms with Crippen LogP contribution in [0.3, 0.4) is 0 Å². The Balaban J connectivity index is 1.54. The van der Waals surface area contributed by atoms with Crippen LogP contribution in [-0.4, -0.2) is 48.8 Å². The van der Waals surface area contributed by atoms with E-state index in [4.69, 9.17) is 4.52 Å². The first-order chi connectivity index (χ1) is 13.7. The number of hydrogen-bond acceptors (Lipinski definition) is 6. The lowest BCUT2D eigenvalue weighted by molar-refractivity contribution is 0.0723. The van der Waals surface area contributed by atoms with Crippen molar-refractivity contribution in [3.63, 3.8) is 0 Å². The van der Waals surface area contributed by atoms with Crippen molar-refractivity contribution >= 4 is 5.91 Å². The molecule has 0 atom stereocenters. The summed E-state index contributed by atoms with van der Waals surface area (Å²) < 4.78 is 6.99. The van der Waals surface area contributed by atoms with Gasteiger partial charge < -0.3 is 9.42 Å². The number of amides is 1. The molecule has 4 rings (SSSR count). The van der Waals surface area contributed by atoms with Crippen LogP contribution in [0.25, 0.3) is 17.3 Å². The monoisotopic (exact) mass is 380 g/mol. The second-order valence-electron chi connectivity index (χ2n) is 7.08. The summed E-state index contributed by atoms with van der Waals surface area (Å²) in [6.45, 7) is 5.61. The average Bonchev–Trinajstić information content (AvgIpc) is 3.35. The number of carbonyl (C=O) groups is 1. The molecule has 0 radical (unpaired) electrons. The second-order valence-corrected chi connectivity index (χ2v) is 7.08. The van der Waals surface area contributed by atoms with E-state index in [0.29, 0.717) is 23.1 Å². The first kappa shape index (κ1) is 18.3. The molecule has 0 bridgehead atoms. The van der Waals surface area contributed by atoms with E-state index >= 15 is 0 Å². The van der Waals surface area contributed by atoms with Crippen molar-refractivity contribution in [2.75, 3.05) is 13.1 Å². The van der Waals surface area contributed by atoms with Crippen LogP contribution >= 0.6 is 0 Å². The van der Waals surface area contributed by atoms with Gasteiger partial charge in [-0.3, -0.25) is 4.79 Å². The van der Waals surface area contributed by atoms with E-state index in [9.17, 15) is 4.79 Å². The van der Waals surface area contributed by atoms with E-state index in [1.165, 1.54) is 6.42 Å². The van der Waals surface area contributed by atoms with Crippen molar-refractivity contribution in [3.8, 4) is 17.3 Å². The number of aryl methyl sites for hydroxylation is 1. The van der Waals surface area contributed by atoms with Crippen LogP contribution in [0.1, 0.15) is 54.5 Å². The minimum absolute atomic E-state index is 0.0504. The highest BCUT2D eigenvalue weighted by Gasteiger charge is 2.22. The number of carbonyl (C=O) groups excluding carboxylic acids is 1. The van der Waals surface area contributed by atoms with Gasteiger partial charge in [0.05, 0.1) is 23.0 Å². The van der Waals surface area contributed by atoms with E-state index in [1.807, 2.05) is 24.0 Å². The van der Waals surface area contributed by atoms with Gasteiger partial charge in [-0.15, -0.1) is 0 Å². The quantitative estimate of drug-likeness (QED) is 0.675. The van der Waals surface area contributed by atoms with Gasteiger partial charge in [-0.1, -0.05) is 12.1 Å². The van der Waals surface area contributed by atoms with Gasteiger partial charge in [0.25, 0.3) is 11.8 Å². The van der Waals surface area contributed by atoms with Gasteiger partial charge in [0, 0.05) is 25.7 Å². The number of likely N-dealkylation sites (tertiary alicyclic amines) is 1. The van der Waals surface area contributed by atoms with Gasteiger partial charge >= 0.3 is 0 Å². The highest BCUT2D eigenvalue weighted by molar-refractivity contribution is 5.95. The van der Waals surface area contributed by atoms with E-state index < -0.39 is 0 Å². The molecule has 0 aromatic carbocycles. The Morgan fingerprint density at radius 2 is 2.00 bits per heavy atom. The van der Waals surface area contributed by atoms with E-state index in [2.05, 4.69) is 27.1 Å². The van der Waals surface area contributed by atoms with Crippen molar-refractivity contribution in [1.82, 2.24) is 29.8 Å². The molecule has 0 spiro atoms. The zero-order valence-corrected chi connectivity index (χ0v) is 16.3. The summed E-state index contributed by atoms with van der Waals surface area (Å²) in [6, 6.07) is 3.72. The fourth-order valence-electron chi connectivity index (χ4n) is 3.45. The first-order valence-electron chi connectivity index (χ1n) is 9.80. The summed E-state index contributed by atoms with van der Waals surface area (Å²) in [5.41, 5.74) is 2.18. The van der Waals surface area contributed by atoms with Crippen molar-refractivity contribution in [1.29, 1.82) is 0 Å². The standard InChI is InChI=1S/C20H24N6O2/c1-3-7-17-23-19(28-24-17)15-8-9-18(21-12-15)26-14(2)16(13-22-26)20(27)25-10-5-4-6-11-25/h8-9,12-13H,3-7,10-11H2,1-2H3. The molecule has 1 fully saturated rings. The van der Waals surface area contributed by atoms with Gasteiger partial charge in [-0.05, 0) is 44.7 Å². The number of hydrogen-bond donors (Lipinski definition) is 0. The highest BCUT2D eigenvalue weighted by Crippen LogP contribution is 2.20. The fraction of sp³-hybridized carbons (Fsp3) is 0.450. The van der Waals surface area contributed by atoms with E-state index in [1.54, 1.807) is 17.1 Å². The molecule has 3 aromatic rings. The van der Waals surface area contributed by atoms with Crippen molar-refractivity contribution in [2.45, 2.75) is 46.0 Å². The largest absolute Gasteiger partial charge is 0.339 e. The van der Waals surface area contributed by atoms with Crippen molar-refractivity contribution in [3.05, 3.63) is 41.6 Å². The van der Waals surface area contributed by atoms with Crippen molar-refractivity contribution in [2.24, 2.45) is 0 Å². The van der Waals surface area contributed by atoms with Crippen LogP contribution in [0.2, 0.25) is 0 Å². The van der Waals surface area contributed by atoms with Gasteiger partial charge in [0.15, 0.2) is 11.6 Å². The third-order valence-corrected chi connectivity index (χ3v) is 5.04. The number of nitrogens with zero attached hydrogens (tertiary/aromatic N) is 6. The molecular weight excluding hydrogens is 356 g/mol. The summed E-state index contributed by atoms with van der Waals surface area (Å²) in [5.74, 6) is 1.85. The number of rotatable bonds is 5. The number of pyridine rings is 1. The molecule has 1 amide bonds. The number of aromatic nitrogens is 5. The van der Waals surface area contributed by atoms with E-state index in [-0.39, 0.29) is 5.91 Å². The number of piperidine rings is 1. The van der Waals surface area contributed by atoms with Gasteiger partial charge in [0.2, 0.25) is 0 Å². The maximum absolute atomic E-state index is 12.8. The van der Waals surface area contributed by atoms with Crippen LogP contribution < -0.4 is 0 Å². The first-order valence-corrected chi connectivity index (χ1v) is 9.80. The summed E-state index contributed by atoms with van der Waals surface area (Å²) in [4.78, 5) is 23.6. The van der Waals surface area contributed by atoms with Gasteiger partial charge in [-0.2, -0.15) is 10.1 Å². The fourth-order valence-corrected chi connectivity index (χ4v) is 3.45. The molecule has 0 aliphatic carbocycles. The zero-order valence-electron chi connectivity index (χ0n) is 16.3. The molecule has 1 aliphatic heterocycles. The molecule has 8 heteroatoms. The zero-order chi connectivity index (χ0) is 19.5.